The Morgan fingerprint density at radius 1 is 1.47 bits per heavy atom. The molecule has 19 heavy (non-hydrogen) atoms. The number of thiazole rings is 1. The van der Waals surface area contributed by atoms with Crippen molar-refractivity contribution in [1.82, 2.24) is 10.3 Å². The minimum Gasteiger partial charge on any atom is -0.381 e. The minimum absolute atomic E-state index is 0.0382. The number of methoxy groups -OCH3 is 1. The summed E-state index contributed by atoms with van der Waals surface area (Å²) in [5, 5.41) is 4.98. The molecule has 0 bridgehead atoms. The average Bonchev–Trinajstić information content (AvgIpc) is 2.81. The van der Waals surface area contributed by atoms with Crippen LogP contribution < -0.4 is 5.32 Å². The van der Waals surface area contributed by atoms with Crippen molar-refractivity contribution >= 4 is 11.3 Å². The molecular weight excluding hydrogens is 256 g/mol. The largest absolute Gasteiger partial charge is 0.381 e. The molecule has 3 nitrogen and oxygen atoms in total. The first-order valence-corrected chi connectivity index (χ1v) is 8.21. The van der Waals surface area contributed by atoms with Crippen molar-refractivity contribution < 1.29 is 4.74 Å². The van der Waals surface area contributed by atoms with Crippen LogP contribution in [0.5, 0.6) is 0 Å². The highest BCUT2D eigenvalue weighted by molar-refractivity contribution is 7.11. The number of rotatable bonds is 5. The molecule has 0 radical (unpaired) electrons. The van der Waals surface area contributed by atoms with Gasteiger partial charge in [0.1, 0.15) is 5.01 Å². The van der Waals surface area contributed by atoms with Gasteiger partial charge in [-0.15, -0.1) is 11.3 Å². The minimum atomic E-state index is 0.0382. The van der Waals surface area contributed by atoms with E-state index in [1.807, 2.05) is 18.4 Å². The Morgan fingerprint density at radius 3 is 2.84 bits per heavy atom. The lowest BCUT2D eigenvalue weighted by molar-refractivity contribution is 0.0296. The second kappa shape index (κ2) is 6.33. The van der Waals surface area contributed by atoms with Crippen molar-refractivity contribution in [1.29, 1.82) is 0 Å². The summed E-state index contributed by atoms with van der Waals surface area (Å²) in [6, 6.07) is 0. The van der Waals surface area contributed by atoms with Gasteiger partial charge in [0.15, 0.2) is 0 Å². The summed E-state index contributed by atoms with van der Waals surface area (Å²) in [4.78, 5) is 6.28. The Kier molecular flexibility index (Phi) is 4.98. The SMILES string of the molecule is CCNC1(c2nc(CC)c(C)s2)CCCC(OC)C1. The third-order valence-electron chi connectivity index (χ3n) is 4.19. The molecule has 1 aromatic heterocycles. The summed E-state index contributed by atoms with van der Waals surface area (Å²) in [6.07, 6.45) is 6.00. The van der Waals surface area contributed by atoms with Crippen molar-refractivity contribution in [3.05, 3.63) is 15.6 Å². The van der Waals surface area contributed by atoms with Crippen LogP contribution in [-0.2, 0) is 16.7 Å². The Morgan fingerprint density at radius 2 is 2.26 bits per heavy atom. The van der Waals surface area contributed by atoms with Crippen LogP contribution in [0.2, 0.25) is 0 Å². The van der Waals surface area contributed by atoms with Gasteiger partial charge in [0, 0.05) is 12.0 Å². The second-order valence-corrected chi connectivity index (χ2v) is 6.65. The molecule has 1 aliphatic rings. The van der Waals surface area contributed by atoms with Gasteiger partial charge in [-0.1, -0.05) is 13.8 Å². The monoisotopic (exact) mass is 282 g/mol. The molecule has 1 N–H and O–H groups in total. The highest BCUT2D eigenvalue weighted by Crippen LogP contribution is 2.40. The van der Waals surface area contributed by atoms with E-state index in [0.29, 0.717) is 6.10 Å². The van der Waals surface area contributed by atoms with Crippen molar-refractivity contribution in [2.45, 2.75) is 64.5 Å². The molecule has 0 saturated heterocycles. The van der Waals surface area contributed by atoms with E-state index in [2.05, 4.69) is 26.1 Å². The van der Waals surface area contributed by atoms with Crippen LogP contribution in [0.3, 0.4) is 0 Å². The normalized spacial score (nSPS) is 27.7. The molecule has 2 rings (SSSR count). The Hall–Kier alpha value is -0.450. The number of nitrogens with zero attached hydrogens (tertiary/aromatic N) is 1. The average molecular weight is 282 g/mol. The van der Waals surface area contributed by atoms with E-state index in [9.17, 15) is 0 Å². The van der Waals surface area contributed by atoms with Crippen molar-refractivity contribution in [2.75, 3.05) is 13.7 Å². The van der Waals surface area contributed by atoms with E-state index in [-0.39, 0.29) is 5.54 Å². The van der Waals surface area contributed by atoms with Crippen LogP contribution in [-0.4, -0.2) is 24.7 Å². The summed E-state index contributed by atoms with van der Waals surface area (Å²) in [7, 11) is 1.83. The van der Waals surface area contributed by atoms with E-state index in [0.717, 1.165) is 19.4 Å². The maximum absolute atomic E-state index is 5.61. The molecular formula is C15H26N2OS. The molecule has 0 amide bonds. The van der Waals surface area contributed by atoms with Crippen LogP contribution >= 0.6 is 11.3 Å². The van der Waals surface area contributed by atoms with Crippen molar-refractivity contribution in [2.24, 2.45) is 0 Å². The van der Waals surface area contributed by atoms with Crippen LogP contribution in [0.25, 0.3) is 0 Å². The summed E-state index contributed by atoms with van der Waals surface area (Å²) in [6.45, 7) is 7.54. The van der Waals surface area contributed by atoms with E-state index in [1.165, 1.54) is 34.8 Å². The molecule has 2 atom stereocenters. The maximum Gasteiger partial charge on any atom is 0.113 e. The van der Waals surface area contributed by atoms with E-state index >= 15 is 0 Å². The fraction of sp³-hybridized carbons (Fsp3) is 0.800. The summed E-state index contributed by atoms with van der Waals surface area (Å²) < 4.78 is 5.61. The standard InChI is InChI=1S/C15H26N2OS/c1-5-13-11(3)19-14(17-13)15(16-6-2)9-7-8-12(10-15)18-4/h12,16H,5-10H2,1-4H3. The number of aryl methyl sites for hydroxylation is 2. The molecule has 108 valence electrons. The van der Waals surface area contributed by atoms with Gasteiger partial charge in [-0.2, -0.15) is 0 Å². The van der Waals surface area contributed by atoms with Gasteiger partial charge < -0.3 is 10.1 Å². The van der Waals surface area contributed by atoms with E-state index < -0.39 is 0 Å². The molecule has 2 unspecified atom stereocenters. The van der Waals surface area contributed by atoms with Gasteiger partial charge in [-0.25, -0.2) is 4.98 Å². The van der Waals surface area contributed by atoms with Gasteiger partial charge in [0.2, 0.25) is 0 Å². The Bertz CT molecular complexity index is 414. The molecule has 0 aliphatic heterocycles. The van der Waals surface area contributed by atoms with Gasteiger partial charge in [-0.05, 0) is 45.6 Å². The van der Waals surface area contributed by atoms with Crippen molar-refractivity contribution in [3.63, 3.8) is 0 Å². The lowest BCUT2D eigenvalue weighted by Gasteiger charge is -2.39. The Balaban J connectivity index is 2.31. The molecule has 1 aliphatic carbocycles. The third-order valence-corrected chi connectivity index (χ3v) is 5.41. The number of nitrogens with one attached hydrogen (secondary N) is 1. The first-order chi connectivity index (χ1) is 9.15. The maximum atomic E-state index is 5.61. The molecule has 4 heteroatoms. The molecule has 1 heterocycles. The van der Waals surface area contributed by atoms with E-state index in [4.69, 9.17) is 9.72 Å². The highest BCUT2D eigenvalue weighted by atomic mass is 32.1. The number of ether oxygens (including phenoxy) is 1. The Labute approximate surface area is 120 Å². The van der Waals surface area contributed by atoms with Crippen LogP contribution in [0.15, 0.2) is 0 Å². The third kappa shape index (κ3) is 3.01. The van der Waals surface area contributed by atoms with Crippen molar-refractivity contribution in [3.8, 4) is 0 Å². The number of hydrogen-bond donors (Lipinski definition) is 1. The fourth-order valence-electron chi connectivity index (χ4n) is 3.16. The highest BCUT2D eigenvalue weighted by Gasteiger charge is 2.40. The predicted octanol–water partition coefficient (Wildman–Crippen LogP) is 3.41. The summed E-state index contributed by atoms with van der Waals surface area (Å²) in [5.41, 5.74) is 1.30. The lowest BCUT2D eigenvalue weighted by Crippen LogP contribution is -2.47. The smallest absolute Gasteiger partial charge is 0.113 e. The molecule has 1 fully saturated rings. The van der Waals surface area contributed by atoms with Crippen LogP contribution in [0.1, 0.15) is 55.1 Å². The van der Waals surface area contributed by atoms with Gasteiger partial charge in [0.25, 0.3) is 0 Å². The topological polar surface area (TPSA) is 34.2 Å². The molecule has 0 spiro atoms. The first-order valence-electron chi connectivity index (χ1n) is 7.39. The first kappa shape index (κ1) is 14.9. The molecule has 1 saturated carbocycles. The zero-order chi connectivity index (χ0) is 13.9. The number of hydrogen-bond acceptors (Lipinski definition) is 4. The van der Waals surface area contributed by atoms with Crippen LogP contribution in [0.4, 0.5) is 0 Å². The molecule has 0 aromatic carbocycles. The number of aromatic nitrogens is 1. The van der Waals surface area contributed by atoms with Crippen LogP contribution in [0, 0.1) is 6.92 Å². The molecule has 1 aromatic rings. The quantitative estimate of drug-likeness (QED) is 0.898. The summed E-state index contributed by atoms with van der Waals surface area (Å²) >= 11 is 1.87. The second-order valence-electron chi connectivity index (χ2n) is 5.44. The summed E-state index contributed by atoms with van der Waals surface area (Å²) in [5.74, 6) is 0. The van der Waals surface area contributed by atoms with E-state index in [1.54, 1.807) is 0 Å². The lowest BCUT2D eigenvalue weighted by atomic mass is 9.80. The van der Waals surface area contributed by atoms with Gasteiger partial charge in [-0.3, -0.25) is 0 Å². The zero-order valence-corrected chi connectivity index (χ0v) is 13.4. The van der Waals surface area contributed by atoms with Gasteiger partial charge >= 0.3 is 0 Å². The zero-order valence-electron chi connectivity index (χ0n) is 12.6. The fourth-order valence-corrected chi connectivity index (χ4v) is 4.36. The van der Waals surface area contributed by atoms with Gasteiger partial charge in [0.05, 0.1) is 17.3 Å². The predicted molar refractivity (Wildman–Crippen MR) is 80.8 cm³/mol.